The Labute approximate surface area is 98.8 Å². The molecule has 0 radical (unpaired) electrons. The molecular weight excluding hydrogens is 202 g/mol. The van der Waals surface area contributed by atoms with Gasteiger partial charge in [0.05, 0.1) is 0 Å². The lowest BCUT2D eigenvalue weighted by atomic mass is 9.72. The van der Waals surface area contributed by atoms with Gasteiger partial charge in [-0.1, -0.05) is 19.3 Å². The van der Waals surface area contributed by atoms with Crippen molar-refractivity contribution < 1.29 is 0 Å². The fraction of sp³-hybridized carbons (Fsp3) is 1.00. The summed E-state index contributed by atoms with van der Waals surface area (Å²) in [5.74, 6) is 1.35. The van der Waals surface area contributed by atoms with Crippen LogP contribution in [0, 0.1) is 5.41 Å². The van der Waals surface area contributed by atoms with Gasteiger partial charge in [-0.3, -0.25) is 0 Å². The van der Waals surface area contributed by atoms with E-state index < -0.39 is 0 Å². The van der Waals surface area contributed by atoms with Crippen molar-refractivity contribution in [2.24, 2.45) is 5.41 Å². The topological polar surface area (TPSA) is 12.0 Å². The zero-order valence-corrected chi connectivity index (χ0v) is 10.9. The molecule has 0 aromatic rings. The van der Waals surface area contributed by atoms with Crippen LogP contribution in [0.25, 0.3) is 0 Å². The van der Waals surface area contributed by atoms with Crippen LogP contribution >= 0.6 is 11.8 Å². The normalized spacial score (nSPS) is 25.4. The van der Waals surface area contributed by atoms with Gasteiger partial charge in [-0.25, -0.2) is 0 Å². The maximum Gasteiger partial charge on any atom is 0.00684 e. The summed E-state index contributed by atoms with van der Waals surface area (Å²) in [6, 6.07) is 0.887. The van der Waals surface area contributed by atoms with E-state index >= 15 is 0 Å². The molecule has 2 aliphatic carbocycles. The lowest BCUT2D eigenvalue weighted by molar-refractivity contribution is 0.175. The molecule has 2 saturated carbocycles. The van der Waals surface area contributed by atoms with Gasteiger partial charge in [-0.05, 0) is 49.5 Å². The minimum atomic E-state index is 0.670. The summed E-state index contributed by atoms with van der Waals surface area (Å²) in [5.41, 5.74) is 0.670. The highest BCUT2D eigenvalue weighted by Gasteiger charge is 2.33. The molecule has 2 heteroatoms. The third-order valence-corrected chi connectivity index (χ3v) is 4.71. The van der Waals surface area contributed by atoms with Crippen LogP contribution in [-0.2, 0) is 0 Å². The van der Waals surface area contributed by atoms with Gasteiger partial charge < -0.3 is 5.32 Å². The predicted octanol–water partition coefficient (Wildman–Crippen LogP) is 3.44. The van der Waals surface area contributed by atoms with Crippen molar-refractivity contribution in [1.82, 2.24) is 5.32 Å². The van der Waals surface area contributed by atoms with Crippen molar-refractivity contribution in [3.05, 3.63) is 0 Å². The van der Waals surface area contributed by atoms with Crippen LogP contribution in [0.3, 0.4) is 0 Å². The third kappa shape index (κ3) is 3.67. The first kappa shape index (κ1) is 11.8. The molecule has 1 N–H and O–H groups in total. The molecule has 88 valence electrons. The highest BCUT2D eigenvalue weighted by molar-refractivity contribution is 7.98. The van der Waals surface area contributed by atoms with Gasteiger partial charge in [-0.2, -0.15) is 11.8 Å². The summed E-state index contributed by atoms with van der Waals surface area (Å²) < 4.78 is 0. The predicted molar refractivity (Wildman–Crippen MR) is 69.5 cm³/mol. The maximum absolute atomic E-state index is 3.77. The second-order valence-corrected chi connectivity index (χ2v) is 6.44. The molecule has 1 nitrogen and oxygen atoms in total. The van der Waals surface area contributed by atoms with Gasteiger partial charge in [0.25, 0.3) is 0 Å². The van der Waals surface area contributed by atoms with E-state index in [1.165, 1.54) is 63.7 Å². The molecule has 0 aromatic carbocycles. The van der Waals surface area contributed by atoms with E-state index in [9.17, 15) is 0 Å². The molecule has 2 rings (SSSR count). The first-order valence-electron chi connectivity index (χ1n) is 6.57. The Hall–Kier alpha value is 0.310. The molecular formula is C13H25NS. The number of thioether (sulfide) groups is 1. The van der Waals surface area contributed by atoms with Crippen LogP contribution in [0.15, 0.2) is 0 Å². The van der Waals surface area contributed by atoms with E-state index in [4.69, 9.17) is 0 Å². The summed E-state index contributed by atoms with van der Waals surface area (Å²) in [5, 5.41) is 3.77. The Balaban J connectivity index is 1.80. The fourth-order valence-electron chi connectivity index (χ4n) is 2.78. The van der Waals surface area contributed by atoms with Gasteiger partial charge in [-0.15, -0.1) is 0 Å². The minimum absolute atomic E-state index is 0.670. The van der Waals surface area contributed by atoms with E-state index in [0.717, 1.165) is 6.04 Å². The molecule has 0 heterocycles. The number of rotatable bonds is 6. The van der Waals surface area contributed by atoms with E-state index in [-0.39, 0.29) is 0 Å². The van der Waals surface area contributed by atoms with Crippen molar-refractivity contribution in [3.8, 4) is 0 Å². The second kappa shape index (κ2) is 5.58. The molecule has 0 aromatic heterocycles. The van der Waals surface area contributed by atoms with Gasteiger partial charge in [0.15, 0.2) is 0 Å². The number of hydrogen-bond acceptors (Lipinski definition) is 2. The first-order chi connectivity index (χ1) is 7.35. The zero-order valence-electron chi connectivity index (χ0n) is 10.1. The quantitative estimate of drug-likeness (QED) is 0.746. The van der Waals surface area contributed by atoms with Crippen LogP contribution < -0.4 is 5.32 Å². The Morgan fingerprint density at radius 1 is 1.20 bits per heavy atom. The number of hydrogen-bond donors (Lipinski definition) is 1. The second-order valence-electron chi connectivity index (χ2n) is 5.46. The van der Waals surface area contributed by atoms with E-state index in [1.54, 1.807) is 0 Å². The lowest BCUT2D eigenvalue weighted by Gasteiger charge is -2.37. The maximum atomic E-state index is 3.77. The van der Waals surface area contributed by atoms with E-state index in [0.29, 0.717) is 5.41 Å². The summed E-state index contributed by atoms with van der Waals surface area (Å²) in [6.07, 6.45) is 13.9. The smallest absolute Gasteiger partial charge is 0.00684 e. The molecule has 0 bridgehead atoms. The van der Waals surface area contributed by atoms with Crippen molar-refractivity contribution in [2.75, 3.05) is 18.6 Å². The van der Waals surface area contributed by atoms with Crippen LogP contribution in [0.1, 0.15) is 51.4 Å². The number of nitrogens with one attached hydrogen (secondary N) is 1. The molecule has 2 aliphatic rings. The van der Waals surface area contributed by atoms with Crippen molar-refractivity contribution >= 4 is 11.8 Å². The molecule has 0 atom stereocenters. The molecule has 2 fully saturated rings. The molecule has 0 aliphatic heterocycles. The average molecular weight is 227 g/mol. The van der Waals surface area contributed by atoms with Crippen LogP contribution in [0.5, 0.6) is 0 Å². The zero-order chi connectivity index (χ0) is 10.6. The first-order valence-corrected chi connectivity index (χ1v) is 7.96. The average Bonchev–Trinajstić information content (AvgIpc) is 3.09. The van der Waals surface area contributed by atoms with Gasteiger partial charge >= 0.3 is 0 Å². The van der Waals surface area contributed by atoms with Crippen molar-refractivity contribution in [2.45, 2.75) is 57.4 Å². The van der Waals surface area contributed by atoms with Gasteiger partial charge in [0.2, 0.25) is 0 Å². The minimum Gasteiger partial charge on any atom is -0.313 e. The highest BCUT2D eigenvalue weighted by Crippen LogP contribution is 2.40. The summed E-state index contributed by atoms with van der Waals surface area (Å²) in [6.45, 7) is 1.30. The summed E-state index contributed by atoms with van der Waals surface area (Å²) in [7, 11) is 0. The van der Waals surface area contributed by atoms with Crippen molar-refractivity contribution in [3.63, 3.8) is 0 Å². The Morgan fingerprint density at radius 3 is 2.53 bits per heavy atom. The Kier molecular flexibility index (Phi) is 4.39. The van der Waals surface area contributed by atoms with Crippen LogP contribution in [0.4, 0.5) is 0 Å². The SMILES string of the molecule is CSCCC1(CNC2CC2)CCCCC1. The fourth-order valence-corrected chi connectivity index (χ4v) is 3.42. The largest absolute Gasteiger partial charge is 0.313 e. The molecule has 0 unspecified atom stereocenters. The molecule has 0 amide bonds. The summed E-state index contributed by atoms with van der Waals surface area (Å²) >= 11 is 2.02. The Morgan fingerprint density at radius 2 is 1.93 bits per heavy atom. The monoisotopic (exact) mass is 227 g/mol. The van der Waals surface area contributed by atoms with Crippen LogP contribution in [-0.4, -0.2) is 24.6 Å². The molecule has 0 saturated heterocycles. The van der Waals surface area contributed by atoms with Gasteiger partial charge in [0.1, 0.15) is 0 Å². The standard InChI is InChI=1S/C13H25NS/c1-15-10-9-13(7-3-2-4-8-13)11-14-12-5-6-12/h12,14H,2-11H2,1H3. The van der Waals surface area contributed by atoms with E-state index in [1.807, 2.05) is 11.8 Å². The lowest BCUT2D eigenvalue weighted by Crippen LogP contribution is -2.37. The highest BCUT2D eigenvalue weighted by atomic mass is 32.2. The van der Waals surface area contributed by atoms with Crippen molar-refractivity contribution in [1.29, 1.82) is 0 Å². The summed E-state index contributed by atoms with van der Waals surface area (Å²) in [4.78, 5) is 0. The van der Waals surface area contributed by atoms with Gasteiger partial charge in [0, 0.05) is 12.6 Å². The molecule has 0 spiro atoms. The van der Waals surface area contributed by atoms with Crippen LogP contribution in [0.2, 0.25) is 0 Å². The molecule has 15 heavy (non-hydrogen) atoms. The Bertz CT molecular complexity index is 183. The van der Waals surface area contributed by atoms with E-state index in [2.05, 4.69) is 11.6 Å². The third-order valence-electron chi connectivity index (χ3n) is 4.09.